The average molecular weight is 491 g/mol. The first-order valence-electron chi connectivity index (χ1n) is 11.1. The molecule has 0 bridgehead atoms. The van der Waals surface area contributed by atoms with Gasteiger partial charge >= 0.3 is 0 Å². The molecule has 2 fully saturated rings. The summed E-state index contributed by atoms with van der Waals surface area (Å²) in [5.74, 6) is -1.16. The van der Waals surface area contributed by atoms with Gasteiger partial charge in [-0.3, -0.25) is 9.59 Å². The van der Waals surface area contributed by atoms with Crippen LogP contribution in [0.1, 0.15) is 52.8 Å². The zero-order chi connectivity index (χ0) is 23.6. The Kier molecular flexibility index (Phi) is 6.92. The smallest absolute Gasteiger partial charge is 0.257 e. The molecule has 3 N–H and O–H groups in total. The average Bonchev–Trinajstić information content (AvgIpc) is 3.35. The van der Waals surface area contributed by atoms with Crippen LogP contribution in [0.3, 0.4) is 0 Å². The van der Waals surface area contributed by atoms with Gasteiger partial charge in [-0.05, 0) is 68.5 Å². The van der Waals surface area contributed by atoms with Gasteiger partial charge in [0.25, 0.3) is 5.91 Å². The number of hydrogen-bond donors (Lipinski definition) is 2. The van der Waals surface area contributed by atoms with Gasteiger partial charge in [0.2, 0.25) is 15.9 Å². The molecule has 2 amide bonds. The van der Waals surface area contributed by atoms with E-state index in [1.54, 1.807) is 18.2 Å². The van der Waals surface area contributed by atoms with Crippen molar-refractivity contribution in [3.63, 3.8) is 0 Å². The van der Waals surface area contributed by atoms with Crippen LogP contribution < -0.4 is 16.0 Å². The summed E-state index contributed by atoms with van der Waals surface area (Å²) in [6.07, 6.45) is 4.84. The first-order chi connectivity index (χ1) is 15.8. The summed E-state index contributed by atoms with van der Waals surface area (Å²) < 4.78 is 27.3. The van der Waals surface area contributed by atoms with Crippen molar-refractivity contribution >= 4 is 44.8 Å². The van der Waals surface area contributed by atoms with Crippen molar-refractivity contribution in [1.29, 1.82) is 0 Å². The third kappa shape index (κ3) is 5.00. The van der Waals surface area contributed by atoms with E-state index < -0.39 is 21.8 Å². The monoisotopic (exact) mass is 490 g/mol. The number of amides is 2. The molecule has 0 radical (unpaired) electrons. The van der Waals surface area contributed by atoms with Crippen molar-refractivity contribution in [3.8, 4) is 0 Å². The number of rotatable bonds is 6. The Morgan fingerprint density at radius 3 is 2.24 bits per heavy atom. The van der Waals surface area contributed by atoms with Crippen molar-refractivity contribution in [2.45, 2.75) is 37.0 Å². The van der Waals surface area contributed by atoms with Crippen molar-refractivity contribution in [3.05, 3.63) is 52.5 Å². The molecule has 0 aromatic heterocycles. The highest BCUT2D eigenvalue weighted by atomic mass is 35.5. The number of carbonyl (C=O) groups excluding carboxylic acids is 2. The quantitative estimate of drug-likeness (QED) is 0.643. The maximum Gasteiger partial charge on any atom is 0.257 e. The number of piperidine rings is 1. The van der Waals surface area contributed by atoms with Crippen LogP contribution in [0.25, 0.3) is 0 Å². The van der Waals surface area contributed by atoms with E-state index in [9.17, 15) is 18.0 Å². The van der Waals surface area contributed by atoms with Crippen LogP contribution >= 0.6 is 11.6 Å². The summed E-state index contributed by atoms with van der Waals surface area (Å²) in [6, 6.07) is 9.10. The fourth-order valence-corrected chi connectivity index (χ4v) is 6.05. The summed E-state index contributed by atoms with van der Waals surface area (Å²) in [6.45, 7) is 2.60. The van der Waals surface area contributed by atoms with Gasteiger partial charge in [-0.1, -0.05) is 11.6 Å². The molecule has 2 aromatic rings. The number of nitrogens with two attached hydrogens (primary N) is 1. The van der Waals surface area contributed by atoms with E-state index in [2.05, 4.69) is 10.2 Å². The van der Waals surface area contributed by atoms with Crippen molar-refractivity contribution in [2.75, 3.05) is 36.4 Å². The van der Waals surface area contributed by atoms with Gasteiger partial charge < -0.3 is 16.0 Å². The van der Waals surface area contributed by atoms with Crippen LogP contribution in [0.5, 0.6) is 0 Å². The number of nitrogens with zero attached hydrogens (tertiary/aromatic N) is 2. The highest BCUT2D eigenvalue weighted by Crippen LogP contribution is 2.31. The van der Waals surface area contributed by atoms with E-state index >= 15 is 0 Å². The molecule has 0 aliphatic carbocycles. The molecule has 8 nitrogen and oxygen atoms in total. The highest BCUT2D eigenvalue weighted by Gasteiger charge is 2.28. The molecule has 33 heavy (non-hydrogen) atoms. The third-order valence-electron chi connectivity index (χ3n) is 6.11. The number of carbonyl (C=O) groups is 2. The number of sulfonamides is 1. The van der Waals surface area contributed by atoms with Gasteiger partial charge in [0.05, 0.1) is 26.9 Å². The van der Waals surface area contributed by atoms with Crippen molar-refractivity contribution in [1.82, 2.24) is 4.31 Å². The Hall–Kier alpha value is -2.62. The SMILES string of the molecule is NC(=O)c1ccc(N2CCCCC2)c(NC(=O)c2cc(S(=O)(=O)N3CCCC3)ccc2Cl)c1. The summed E-state index contributed by atoms with van der Waals surface area (Å²) in [5.41, 5.74) is 6.98. The predicted octanol–water partition coefficient (Wildman–Crippen LogP) is 3.47. The van der Waals surface area contributed by atoms with Crippen molar-refractivity contribution in [2.24, 2.45) is 5.73 Å². The standard InChI is InChI=1S/C23H27ClN4O4S/c24-19-8-7-17(33(31,32)28-12-4-5-13-28)15-18(19)23(30)26-20-14-16(22(25)29)6-9-21(20)27-10-2-1-3-11-27/h6-9,14-15H,1-5,10-13H2,(H2,25,29)(H,26,30). The van der Waals surface area contributed by atoms with Crippen LogP contribution in [0.4, 0.5) is 11.4 Å². The van der Waals surface area contributed by atoms with Gasteiger partial charge in [0.1, 0.15) is 0 Å². The number of primary amides is 1. The Bertz CT molecular complexity index is 1170. The summed E-state index contributed by atoms with van der Waals surface area (Å²) >= 11 is 6.28. The Morgan fingerprint density at radius 1 is 0.909 bits per heavy atom. The number of anilines is 2. The topological polar surface area (TPSA) is 113 Å². The Morgan fingerprint density at radius 2 is 1.58 bits per heavy atom. The number of nitrogens with one attached hydrogen (secondary N) is 1. The van der Waals surface area contributed by atoms with Crippen molar-refractivity contribution < 1.29 is 18.0 Å². The lowest BCUT2D eigenvalue weighted by molar-refractivity contribution is 0.0996. The summed E-state index contributed by atoms with van der Waals surface area (Å²) in [4.78, 5) is 27.1. The molecule has 0 atom stereocenters. The Balaban J connectivity index is 1.66. The van der Waals surface area contributed by atoms with E-state index in [-0.39, 0.29) is 21.0 Å². The predicted molar refractivity (Wildman–Crippen MR) is 128 cm³/mol. The van der Waals surface area contributed by atoms with Crippen LogP contribution in [0.15, 0.2) is 41.3 Å². The first-order valence-corrected chi connectivity index (χ1v) is 12.9. The van der Waals surface area contributed by atoms with E-state index in [0.29, 0.717) is 18.8 Å². The minimum atomic E-state index is -3.70. The molecular weight excluding hydrogens is 464 g/mol. The number of benzene rings is 2. The molecule has 0 saturated carbocycles. The lowest BCUT2D eigenvalue weighted by atomic mass is 10.1. The molecular formula is C23H27ClN4O4S. The maximum absolute atomic E-state index is 13.2. The molecule has 176 valence electrons. The van der Waals surface area contributed by atoms with E-state index in [1.165, 1.54) is 22.5 Å². The molecule has 0 unspecified atom stereocenters. The molecule has 0 spiro atoms. The molecule has 2 heterocycles. The molecule has 2 aliphatic rings. The molecule has 10 heteroatoms. The second-order valence-corrected chi connectivity index (χ2v) is 10.7. The van der Waals surface area contributed by atoms with Gasteiger partial charge in [0, 0.05) is 31.7 Å². The minimum Gasteiger partial charge on any atom is -0.370 e. The molecule has 2 aliphatic heterocycles. The molecule has 4 rings (SSSR count). The summed E-state index contributed by atoms with van der Waals surface area (Å²) in [5, 5.41) is 2.96. The second kappa shape index (κ2) is 9.70. The van der Waals surface area contributed by atoms with Gasteiger partial charge in [-0.2, -0.15) is 4.31 Å². The van der Waals surface area contributed by atoms with E-state index in [4.69, 9.17) is 17.3 Å². The van der Waals surface area contributed by atoms with Crippen LogP contribution in [0.2, 0.25) is 5.02 Å². The second-order valence-electron chi connectivity index (χ2n) is 8.35. The number of halogens is 1. The fourth-order valence-electron chi connectivity index (χ4n) is 4.31. The van der Waals surface area contributed by atoms with Gasteiger partial charge in [-0.15, -0.1) is 0 Å². The first kappa shape index (κ1) is 23.5. The minimum absolute atomic E-state index is 0.0288. The van der Waals surface area contributed by atoms with Gasteiger partial charge in [-0.25, -0.2) is 8.42 Å². The zero-order valence-electron chi connectivity index (χ0n) is 18.2. The Labute approximate surface area is 198 Å². The lowest BCUT2D eigenvalue weighted by Crippen LogP contribution is -2.31. The number of hydrogen-bond acceptors (Lipinski definition) is 5. The fraction of sp³-hybridized carbons (Fsp3) is 0.391. The normalized spacial score (nSPS) is 17.2. The van der Waals surface area contributed by atoms with E-state index in [1.807, 2.05) is 0 Å². The van der Waals surface area contributed by atoms with Crippen LogP contribution in [-0.4, -0.2) is 50.7 Å². The van der Waals surface area contributed by atoms with Gasteiger partial charge in [0.15, 0.2) is 0 Å². The molecule has 2 aromatic carbocycles. The summed E-state index contributed by atoms with van der Waals surface area (Å²) in [7, 11) is -3.70. The molecule has 2 saturated heterocycles. The lowest BCUT2D eigenvalue weighted by Gasteiger charge is -2.30. The maximum atomic E-state index is 13.2. The third-order valence-corrected chi connectivity index (χ3v) is 8.34. The largest absolute Gasteiger partial charge is 0.370 e. The van der Waals surface area contributed by atoms with Crippen LogP contribution in [0, 0.1) is 0 Å². The highest BCUT2D eigenvalue weighted by molar-refractivity contribution is 7.89. The van der Waals surface area contributed by atoms with E-state index in [0.717, 1.165) is 50.9 Å². The van der Waals surface area contributed by atoms with Crippen LogP contribution in [-0.2, 0) is 10.0 Å². The zero-order valence-corrected chi connectivity index (χ0v) is 19.8.